The SMILES string of the molecule is CCOc1cc(I)ccc1C(=O)N1CC(F)(F)C1. The van der Waals surface area contributed by atoms with Gasteiger partial charge in [-0.3, -0.25) is 4.79 Å². The van der Waals surface area contributed by atoms with Gasteiger partial charge in [-0.15, -0.1) is 0 Å². The van der Waals surface area contributed by atoms with Gasteiger partial charge in [0.15, 0.2) is 0 Å². The number of benzene rings is 1. The zero-order valence-corrected chi connectivity index (χ0v) is 11.9. The molecule has 1 saturated heterocycles. The van der Waals surface area contributed by atoms with Gasteiger partial charge in [-0.2, -0.15) is 0 Å². The van der Waals surface area contributed by atoms with Crippen molar-refractivity contribution in [3.05, 3.63) is 27.3 Å². The lowest BCUT2D eigenvalue weighted by atomic mass is 10.1. The topological polar surface area (TPSA) is 29.5 Å². The Morgan fingerprint density at radius 2 is 2.17 bits per heavy atom. The lowest BCUT2D eigenvalue weighted by Gasteiger charge is -2.38. The average molecular weight is 367 g/mol. The van der Waals surface area contributed by atoms with E-state index in [2.05, 4.69) is 22.6 Å². The number of alkyl halides is 2. The zero-order valence-electron chi connectivity index (χ0n) is 9.75. The monoisotopic (exact) mass is 367 g/mol. The Labute approximate surface area is 117 Å². The van der Waals surface area contributed by atoms with E-state index in [9.17, 15) is 13.6 Å². The minimum atomic E-state index is -2.75. The smallest absolute Gasteiger partial charge is 0.282 e. The predicted octanol–water partition coefficient (Wildman–Crippen LogP) is 2.78. The minimum absolute atomic E-state index is 0.341. The summed E-state index contributed by atoms with van der Waals surface area (Å²) in [5, 5.41) is 0. The van der Waals surface area contributed by atoms with Crippen molar-refractivity contribution < 1.29 is 18.3 Å². The molecule has 0 radical (unpaired) electrons. The van der Waals surface area contributed by atoms with Gasteiger partial charge in [0.05, 0.1) is 25.3 Å². The summed E-state index contributed by atoms with van der Waals surface area (Å²) in [5.41, 5.74) is 0.341. The molecule has 0 unspecified atom stereocenters. The molecule has 18 heavy (non-hydrogen) atoms. The number of carbonyl (C=O) groups is 1. The molecule has 0 spiro atoms. The first kappa shape index (κ1) is 13.5. The molecule has 0 aromatic heterocycles. The van der Waals surface area contributed by atoms with Gasteiger partial charge in [0.1, 0.15) is 5.75 Å². The number of likely N-dealkylation sites (tertiary alicyclic amines) is 1. The highest BCUT2D eigenvalue weighted by molar-refractivity contribution is 14.1. The molecule has 98 valence electrons. The molecule has 0 saturated carbocycles. The van der Waals surface area contributed by atoms with Crippen LogP contribution in [0.3, 0.4) is 0 Å². The maximum Gasteiger partial charge on any atom is 0.282 e. The van der Waals surface area contributed by atoms with Crippen LogP contribution in [0.1, 0.15) is 17.3 Å². The van der Waals surface area contributed by atoms with Crippen molar-refractivity contribution in [2.75, 3.05) is 19.7 Å². The van der Waals surface area contributed by atoms with Crippen LogP contribution in [-0.4, -0.2) is 36.4 Å². The summed E-state index contributed by atoms with van der Waals surface area (Å²) < 4.78 is 31.8. The maximum atomic E-state index is 12.8. The molecule has 3 nitrogen and oxygen atoms in total. The Morgan fingerprint density at radius 1 is 1.50 bits per heavy atom. The lowest BCUT2D eigenvalue weighted by Crippen LogP contribution is -2.58. The largest absolute Gasteiger partial charge is 0.493 e. The van der Waals surface area contributed by atoms with Crippen molar-refractivity contribution in [3.63, 3.8) is 0 Å². The molecular formula is C12H12F2INO2. The molecule has 1 aromatic carbocycles. The van der Waals surface area contributed by atoms with Gasteiger partial charge in [-0.1, -0.05) is 0 Å². The summed E-state index contributed by atoms with van der Waals surface area (Å²) >= 11 is 2.11. The van der Waals surface area contributed by atoms with Crippen LogP contribution in [0.2, 0.25) is 0 Å². The van der Waals surface area contributed by atoms with E-state index in [-0.39, 0.29) is 0 Å². The Kier molecular flexibility index (Phi) is 3.74. The first-order chi connectivity index (χ1) is 8.43. The molecule has 0 aliphatic carbocycles. The summed E-state index contributed by atoms with van der Waals surface area (Å²) in [6, 6.07) is 5.11. The third kappa shape index (κ3) is 2.73. The van der Waals surface area contributed by atoms with Crippen molar-refractivity contribution in [2.45, 2.75) is 12.8 Å². The van der Waals surface area contributed by atoms with Gasteiger partial charge in [0, 0.05) is 3.57 Å². The second-order valence-corrected chi connectivity index (χ2v) is 5.34. The van der Waals surface area contributed by atoms with E-state index in [1.165, 1.54) is 0 Å². The third-order valence-electron chi connectivity index (χ3n) is 2.61. The molecule has 1 aromatic rings. The molecule has 1 heterocycles. The maximum absolute atomic E-state index is 12.8. The highest BCUT2D eigenvalue weighted by Crippen LogP contribution is 2.30. The van der Waals surface area contributed by atoms with Crippen LogP contribution in [0.25, 0.3) is 0 Å². The van der Waals surface area contributed by atoms with E-state index in [0.717, 1.165) is 8.47 Å². The molecule has 6 heteroatoms. The third-order valence-corrected chi connectivity index (χ3v) is 3.28. The molecule has 1 amide bonds. The molecule has 1 fully saturated rings. The quantitative estimate of drug-likeness (QED) is 0.770. The first-order valence-electron chi connectivity index (χ1n) is 5.52. The molecule has 0 N–H and O–H groups in total. The van der Waals surface area contributed by atoms with Crippen molar-refractivity contribution in [1.29, 1.82) is 0 Å². The van der Waals surface area contributed by atoms with Crippen LogP contribution < -0.4 is 4.74 Å². The Hall–Kier alpha value is -0.920. The molecule has 1 aliphatic heterocycles. The number of carbonyl (C=O) groups excluding carboxylic acids is 1. The predicted molar refractivity (Wildman–Crippen MR) is 71.2 cm³/mol. The molecule has 0 bridgehead atoms. The number of halogens is 3. The summed E-state index contributed by atoms with van der Waals surface area (Å²) in [5.74, 6) is -2.70. The average Bonchev–Trinajstić information content (AvgIpc) is 2.25. The number of hydrogen-bond donors (Lipinski definition) is 0. The number of rotatable bonds is 3. The molecule has 1 aliphatic rings. The van der Waals surface area contributed by atoms with Crippen molar-refractivity contribution in [2.24, 2.45) is 0 Å². The zero-order chi connectivity index (χ0) is 13.3. The van der Waals surface area contributed by atoms with Gasteiger partial charge >= 0.3 is 0 Å². The summed E-state index contributed by atoms with van der Waals surface area (Å²) in [4.78, 5) is 13.2. The minimum Gasteiger partial charge on any atom is -0.493 e. The second-order valence-electron chi connectivity index (χ2n) is 4.09. The van der Waals surface area contributed by atoms with Crippen LogP contribution >= 0.6 is 22.6 Å². The van der Waals surface area contributed by atoms with Gasteiger partial charge in [0.25, 0.3) is 11.8 Å². The van der Waals surface area contributed by atoms with E-state index in [1.807, 2.05) is 6.92 Å². The fourth-order valence-electron chi connectivity index (χ4n) is 1.77. The number of hydrogen-bond acceptors (Lipinski definition) is 2. The highest BCUT2D eigenvalue weighted by atomic mass is 127. The Balaban J connectivity index is 2.20. The molecule has 0 atom stereocenters. The normalized spacial score (nSPS) is 17.2. The van der Waals surface area contributed by atoms with Crippen LogP contribution in [0.4, 0.5) is 8.78 Å². The van der Waals surface area contributed by atoms with Crippen LogP contribution in [0.15, 0.2) is 18.2 Å². The van der Waals surface area contributed by atoms with Crippen LogP contribution in [-0.2, 0) is 0 Å². The fourth-order valence-corrected chi connectivity index (χ4v) is 2.24. The van der Waals surface area contributed by atoms with Crippen molar-refractivity contribution in [3.8, 4) is 5.75 Å². The van der Waals surface area contributed by atoms with Gasteiger partial charge in [0.2, 0.25) is 0 Å². The first-order valence-corrected chi connectivity index (χ1v) is 6.60. The van der Waals surface area contributed by atoms with E-state index < -0.39 is 24.9 Å². The van der Waals surface area contributed by atoms with Crippen LogP contribution in [0.5, 0.6) is 5.75 Å². The summed E-state index contributed by atoms with van der Waals surface area (Å²) in [7, 11) is 0. The fraction of sp³-hybridized carbons (Fsp3) is 0.417. The van der Waals surface area contributed by atoms with Gasteiger partial charge in [-0.25, -0.2) is 8.78 Å². The van der Waals surface area contributed by atoms with E-state index in [0.29, 0.717) is 17.9 Å². The molecule has 2 rings (SSSR count). The van der Waals surface area contributed by atoms with E-state index in [4.69, 9.17) is 4.74 Å². The van der Waals surface area contributed by atoms with Gasteiger partial charge in [-0.05, 0) is 47.7 Å². The lowest BCUT2D eigenvalue weighted by molar-refractivity contribution is -0.113. The van der Waals surface area contributed by atoms with Crippen LogP contribution in [0, 0.1) is 3.57 Å². The van der Waals surface area contributed by atoms with E-state index in [1.54, 1.807) is 18.2 Å². The Bertz CT molecular complexity index is 471. The summed E-state index contributed by atoms with van der Waals surface area (Å²) in [6.07, 6.45) is 0. The highest BCUT2D eigenvalue weighted by Gasteiger charge is 2.46. The standard InChI is InChI=1S/C12H12F2INO2/c1-2-18-10-5-8(15)3-4-9(10)11(17)16-6-12(13,14)7-16/h3-5H,2,6-7H2,1H3. The number of amides is 1. The molecular weight excluding hydrogens is 355 g/mol. The van der Waals surface area contributed by atoms with Crippen molar-refractivity contribution in [1.82, 2.24) is 4.90 Å². The Morgan fingerprint density at radius 3 is 2.72 bits per heavy atom. The number of ether oxygens (including phenoxy) is 1. The second kappa shape index (κ2) is 4.99. The summed E-state index contributed by atoms with van der Waals surface area (Å²) in [6.45, 7) is 1.22. The number of nitrogens with zero attached hydrogens (tertiary/aromatic N) is 1. The van der Waals surface area contributed by atoms with E-state index >= 15 is 0 Å². The van der Waals surface area contributed by atoms with Gasteiger partial charge < -0.3 is 9.64 Å². The van der Waals surface area contributed by atoms with Crippen molar-refractivity contribution >= 4 is 28.5 Å².